The molecule has 0 atom stereocenters. The molecule has 0 fully saturated rings. The summed E-state index contributed by atoms with van der Waals surface area (Å²) in [6.07, 6.45) is 0. The van der Waals surface area contributed by atoms with Crippen LogP contribution in [0.1, 0.15) is 20.9 Å². The van der Waals surface area contributed by atoms with Gasteiger partial charge in [0.2, 0.25) is 5.76 Å². The third kappa shape index (κ3) is 5.17. The molecular weight excluding hydrogens is 470 g/mol. The van der Waals surface area contributed by atoms with E-state index in [1.807, 2.05) is 0 Å². The monoisotopic (exact) mass is 489 g/mol. The van der Waals surface area contributed by atoms with E-state index in [0.29, 0.717) is 16.9 Å². The van der Waals surface area contributed by atoms with Crippen molar-refractivity contribution in [2.75, 3.05) is 19.0 Å². The van der Waals surface area contributed by atoms with E-state index in [9.17, 15) is 24.3 Å². The molecule has 1 heterocycles. The number of aromatic carboxylic acids is 1. The minimum Gasteiger partial charge on any atom is -0.497 e. The topological polar surface area (TPSA) is 152 Å². The number of hydrogen-bond acceptors (Lipinski definition) is 7. The van der Waals surface area contributed by atoms with Crippen molar-refractivity contribution < 1.29 is 38.5 Å². The molecule has 0 saturated carbocycles. The van der Waals surface area contributed by atoms with Crippen LogP contribution in [0, 0.1) is 0 Å². The Kier molecular flexibility index (Phi) is 6.68. The lowest BCUT2D eigenvalue weighted by molar-refractivity contribution is -0.139. The van der Waals surface area contributed by atoms with Crippen LogP contribution in [0.3, 0.4) is 0 Å². The Morgan fingerprint density at radius 2 is 1.67 bits per heavy atom. The molecule has 36 heavy (non-hydrogen) atoms. The van der Waals surface area contributed by atoms with E-state index < -0.39 is 35.6 Å². The van der Waals surface area contributed by atoms with Gasteiger partial charge in [-0.2, -0.15) is 0 Å². The zero-order valence-corrected chi connectivity index (χ0v) is 18.8. The molecule has 10 heteroatoms. The van der Waals surface area contributed by atoms with E-state index in [2.05, 4.69) is 5.32 Å². The fourth-order valence-corrected chi connectivity index (χ4v) is 3.47. The van der Waals surface area contributed by atoms with Crippen LogP contribution in [0.4, 0.5) is 5.69 Å². The average molecular weight is 489 g/mol. The molecular formula is C26H19NO9. The Bertz CT molecular complexity index is 1540. The van der Waals surface area contributed by atoms with Gasteiger partial charge in [-0.1, -0.05) is 12.1 Å². The highest BCUT2D eigenvalue weighted by atomic mass is 16.5. The van der Waals surface area contributed by atoms with Crippen LogP contribution in [0.15, 0.2) is 75.9 Å². The Labute approximate surface area is 203 Å². The van der Waals surface area contributed by atoms with E-state index in [-0.39, 0.29) is 28.0 Å². The van der Waals surface area contributed by atoms with Gasteiger partial charge in [-0.15, -0.1) is 0 Å². The van der Waals surface area contributed by atoms with Crippen LogP contribution < -0.4 is 20.2 Å². The molecule has 10 nitrogen and oxygen atoms in total. The molecule has 0 radical (unpaired) electrons. The van der Waals surface area contributed by atoms with Gasteiger partial charge < -0.3 is 29.4 Å². The van der Waals surface area contributed by atoms with Gasteiger partial charge in [0, 0.05) is 11.6 Å². The molecule has 0 aliphatic rings. The molecule has 0 aliphatic carbocycles. The van der Waals surface area contributed by atoms with Crippen molar-refractivity contribution in [3.05, 3.63) is 88.3 Å². The van der Waals surface area contributed by atoms with E-state index in [4.69, 9.17) is 19.0 Å². The Hall–Kier alpha value is -5.12. The molecule has 3 aromatic carbocycles. The lowest BCUT2D eigenvalue weighted by Crippen LogP contribution is -2.14. The zero-order chi connectivity index (χ0) is 25.8. The lowest BCUT2D eigenvalue weighted by Gasteiger charge is -2.12. The highest BCUT2D eigenvalue weighted by Gasteiger charge is 2.18. The molecule has 0 unspecified atom stereocenters. The zero-order valence-electron chi connectivity index (χ0n) is 18.8. The first kappa shape index (κ1) is 24.0. The predicted molar refractivity (Wildman–Crippen MR) is 129 cm³/mol. The summed E-state index contributed by atoms with van der Waals surface area (Å²) in [5.74, 6) is -2.84. The highest BCUT2D eigenvalue weighted by Crippen LogP contribution is 2.32. The average Bonchev–Trinajstić information content (AvgIpc) is 2.87. The summed E-state index contributed by atoms with van der Waals surface area (Å²) >= 11 is 0. The largest absolute Gasteiger partial charge is 0.497 e. The number of ether oxygens (including phenoxy) is 2. The van der Waals surface area contributed by atoms with Crippen molar-refractivity contribution in [3.8, 4) is 22.6 Å². The standard InChI is InChI=1S/C26H19NO9/c1-34-17-7-5-14(6-8-17)25(31)27-20-11-16(15-3-2-4-18(9-15)35-13-23(29)30)10-19-21(28)12-22(26(32)33)36-24(19)20/h2-12H,13H2,1H3,(H,27,31)(H,29,30)(H,32,33). The number of carboxylic acids is 2. The van der Waals surface area contributed by atoms with Crippen LogP contribution in [0.5, 0.6) is 11.5 Å². The fraction of sp³-hybridized carbons (Fsp3) is 0.0769. The summed E-state index contributed by atoms with van der Waals surface area (Å²) in [5, 5.41) is 20.9. The van der Waals surface area contributed by atoms with Gasteiger partial charge in [-0.05, 0) is 59.7 Å². The minimum absolute atomic E-state index is 0.0411. The molecule has 0 bridgehead atoms. The molecule has 4 rings (SSSR count). The first-order valence-corrected chi connectivity index (χ1v) is 10.5. The van der Waals surface area contributed by atoms with Crippen molar-refractivity contribution in [3.63, 3.8) is 0 Å². The number of anilines is 1. The van der Waals surface area contributed by atoms with Crippen LogP contribution in [-0.4, -0.2) is 41.8 Å². The van der Waals surface area contributed by atoms with E-state index in [0.717, 1.165) is 6.07 Å². The van der Waals surface area contributed by atoms with E-state index in [1.54, 1.807) is 48.5 Å². The fourth-order valence-electron chi connectivity index (χ4n) is 3.47. The van der Waals surface area contributed by atoms with E-state index >= 15 is 0 Å². The van der Waals surface area contributed by atoms with Crippen LogP contribution in [0.2, 0.25) is 0 Å². The van der Waals surface area contributed by atoms with Gasteiger partial charge in [0.1, 0.15) is 11.5 Å². The summed E-state index contributed by atoms with van der Waals surface area (Å²) in [7, 11) is 1.50. The summed E-state index contributed by atoms with van der Waals surface area (Å²) in [5.41, 5.74) is 0.665. The molecule has 4 aromatic rings. The highest BCUT2D eigenvalue weighted by molar-refractivity contribution is 6.09. The number of amides is 1. The Balaban J connectivity index is 1.82. The van der Waals surface area contributed by atoms with E-state index in [1.165, 1.54) is 19.2 Å². The summed E-state index contributed by atoms with van der Waals surface area (Å²) < 4.78 is 15.8. The third-order valence-electron chi connectivity index (χ3n) is 5.17. The van der Waals surface area contributed by atoms with Crippen molar-refractivity contribution >= 4 is 34.5 Å². The second-order valence-corrected chi connectivity index (χ2v) is 7.57. The molecule has 182 valence electrons. The molecule has 0 aliphatic heterocycles. The molecule has 3 N–H and O–H groups in total. The van der Waals surface area contributed by atoms with Gasteiger partial charge in [-0.25, -0.2) is 9.59 Å². The number of fused-ring (bicyclic) bond motifs is 1. The quantitative estimate of drug-likeness (QED) is 0.335. The number of hydrogen-bond donors (Lipinski definition) is 3. The molecule has 0 saturated heterocycles. The van der Waals surface area contributed by atoms with Gasteiger partial charge in [0.25, 0.3) is 5.91 Å². The first-order chi connectivity index (χ1) is 17.2. The maximum atomic E-state index is 12.9. The van der Waals surface area contributed by atoms with Crippen LogP contribution in [-0.2, 0) is 4.79 Å². The summed E-state index contributed by atoms with van der Waals surface area (Å²) in [6.45, 7) is -0.536. The van der Waals surface area contributed by atoms with Gasteiger partial charge in [-0.3, -0.25) is 9.59 Å². The number of carboxylic acid groups (broad SMARTS) is 2. The number of benzene rings is 3. The minimum atomic E-state index is -1.44. The number of nitrogens with one attached hydrogen (secondary N) is 1. The second-order valence-electron chi connectivity index (χ2n) is 7.57. The maximum Gasteiger partial charge on any atom is 0.371 e. The van der Waals surface area contributed by atoms with Crippen molar-refractivity contribution in [2.45, 2.75) is 0 Å². The van der Waals surface area contributed by atoms with Gasteiger partial charge >= 0.3 is 11.9 Å². The number of methoxy groups -OCH3 is 1. The number of carbonyl (C=O) groups is 3. The Morgan fingerprint density at radius 3 is 2.33 bits per heavy atom. The number of rotatable bonds is 8. The van der Waals surface area contributed by atoms with Gasteiger partial charge in [0.15, 0.2) is 17.6 Å². The van der Waals surface area contributed by atoms with Crippen molar-refractivity contribution in [2.24, 2.45) is 0 Å². The molecule has 0 spiro atoms. The SMILES string of the molecule is COc1ccc(C(=O)Nc2cc(-c3cccc(OCC(=O)O)c3)cc3c(=O)cc(C(=O)O)oc23)cc1. The molecule has 1 amide bonds. The van der Waals surface area contributed by atoms with Crippen LogP contribution in [0.25, 0.3) is 22.1 Å². The number of carbonyl (C=O) groups excluding carboxylic acids is 1. The van der Waals surface area contributed by atoms with Gasteiger partial charge in [0.05, 0.1) is 18.2 Å². The van der Waals surface area contributed by atoms with Crippen molar-refractivity contribution in [1.29, 1.82) is 0 Å². The van der Waals surface area contributed by atoms with Crippen molar-refractivity contribution in [1.82, 2.24) is 0 Å². The Morgan fingerprint density at radius 1 is 0.917 bits per heavy atom. The maximum absolute atomic E-state index is 12.9. The number of aliphatic carboxylic acids is 1. The smallest absolute Gasteiger partial charge is 0.371 e. The molecule has 1 aromatic heterocycles. The third-order valence-corrected chi connectivity index (χ3v) is 5.17. The predicted octanol–water partition coefficient (Wildman–Crippen LogP) is 3.88. The normalized spacial score (nSPS) is 10.6. The lowest BCUT2D eigenvalue weighted by atomic mass is 10.0. The second kappa shape index (κ2) is 10.0. The first-order valence-electron chi connectivity index (χ1n) is 10.5. The summed E-state index contributed by atoms with van der Waals surface area (Å²) in [4.78, 5) is 48.0. The summed E-state index contributed by atoms with van der Waals surface area (Å²) in [6, 6.07) is 16.7. The van der Waals surface area contributed by atoms with Crippen LogP contribution >= 0.6 is 0 Å².